The van der Waals surface area contributed by atoms with Crippen molar-refractivity contribution in [2.75, 3.05) is 13.2 Å². The van der Waals surface area contributed by atoms with Crippen LogP contribution in [0.2, 0.25) is 0 Å². The molecule has 53 heavy (non-hydrogen) atoms. The van der Waals surface area contributed by atoms with Crippen molar-refractivity contribution in [1.29, 1.82) is 0 Å². The van der Waals surface area contributed by atoms with Crippen LogP contribution in [0.1, 0.15) is 252 Å². The first kappa shape index (κ1) is 51.1. The average Bonchev–Trinajstić information content (AvgIpc) is 3.15. The molecule has 0 spiro atoms. The Balaban J connectivity index is 4.29. The SMILES string of the molecule is CCCCCCCCC/C=C\CCCCCCCC(=O)OCC(COC(=O)CCCCCCCCCCC)OC(=O)CCCCCCCCCCCC. The summed E-state index contributed by atoms with van der Waals surface area (Å²) in [4.78, 5) is 37.6. The van der Waals surface area contributed by atoms with Crippen LogP contribution in [-0.2, 0) is 28.6 Å². The standard InChI is InChI=1S/C47H88O6/c1-4-7-10-13-16-19-21-22-23-24-25-26-29-31-34-37-40-46(49)52-43-44(42-51-45(48)39-36-33-30-27-18-15-12-9-6-3)53-47(50)41-38-35-32-28-20-17-14-11-8-5-2/h23-24,44H,4-22,25-43H2,1-3H3/b24-23-. The zero-order valence-corrected chi connectivity index (χ0v) is 35.6. The number of carbonyl (C=O) groups excluding carboxylic acids is 3. The molecule has 0 bridgehead atoms. The van der Waals surface area contributed by atoms with E-state index in [1.54, 1.807) is 0 Å². The van der Waals surface area contributed by atoms with E-state index in [9.17, 15) is 14.4 Å². The first-order chi connectivity index (χ1) is 26.0. The van der Waals surface area contributed by atoms with Gasteiger partial charge in [0.05, 0.1) is 0 Å². The molecule has 6 nitrogen and oxygen atoms in total. The van der Waals surface area contributed by atoms with Crippen molar-refractivity contribution in [3.05, 3.63) is 12.2 Å². The molecule has 0 heterocycles. The monoisotopic (exact) mass is 749 g/mol. The van der Waals surface area contributed by atoms with E-state index in [1.165, 1.54) is 148 Å². The van der Waals surface area contributed by atoms with Gasteiger partial charge in [0.25, 0.3) is 0 Å². The Morgan fingerprint density at radius 2 is 0.623 bits per heavy atom. The predicted molar refractivity (Wildman–Crippen MR) is 224 cm³/mol. The maximum atomic E-state index is 12.7. The van der Waals surface area contributed by atoms with Crippen molar-refractivity contribution < 1.29 is 28.6 Å². The summed E-state index contributed by atoms with van der Waals surface area (Å²) in [5, 5.41) is 0. The molecule has 0 aliphatic rings. The summed E-state index contributed by atoms with van der Waals surface area (Å²) in [5.74, 6) is -0.873. The van der Waals surface area contributed by atoms with Gasteiger partial charge in [-0.3, -0.25) is 14.4 Å². The highest BCUT2D eigenvalue weighted by Gasteiger charge is 2.19. The zero-order valence-electron chi connectivity index (χ0n) is 35.6. The lowest BCUT2D eigenvalue weighted by molar-refractivity contribution is -0.167. The lowest BCUT2D eigenvalue weighted by Gasteiger charge is -2.18. The summed E-state index contributed by atoms with van der Waals surface area (Å²) in [6.07, 6.45) is 44.8. The number of rotatable bonds is 42. The Hall–Kier alpha value is -1.85. The third-order valence-electron chi connectivity index (χ3n) is 10.3. The Morgan fingerprint density at radius 1 is 0.358 bits per heavy atom. The molecular weight excluding hydrogens is 661 g/mol. The number of carbonyl (C=O) groups is 3. The van der Waals surface area contributed by atoms with E-state index in [1.807, 2.05) is 0 Å². The minimum atomic E-state index is -0.763. The summed E-state index contributed by atoms with van der Waals surface area (Å²) in [7, 11) is 0. The van der Waals surface area contributed by atoms with Crippen molar-refractivity contribution in [2.45, 2.75) is 258 Å². The highest BCUT2D eigenvalue weighted by Crippen LogP contribution is 2.15. The largest absolute Gasteiger partial charge is 0.462 e. The quantitative estimate of drug-likeness (QED) is 0.0268. The molecule has 0 aromatic rings. The lowest BCUT2D eigenvalue weighted by atomic mass is 10.1. The number of ether oxygens (including phenoxy) is 3. The number of hydrogen-bond acceptors (Lipinski definition) is 6. The van der Waals surface area contributed by atoms with Crippen LogP contribution in [0.25, 0.3) is 0 Å². The van der Waals surface area contributed by atoms with Gasteiger partial charge in [-0.25, -0.2) is 0 Å². The van der Waals surface area contributed by atoms with Gasteiger partial charge in [-0.2, -0.15) is 0 Å². The molecule has 1 atom stereocenters. The van der Waals surface area contributed by atoms with Crippen LogP contribution < -0.4 is 0 Å². The molecule has 0 aromatic carbocycles. The number of allylic oxidation sites excluding steroid dienone is 2. The molecule has 312 valence electrons. The molecule has 1 unspecified atom stereocenters. The van der Waals surface area contributed by atoms with Crippen LogP contribution >= 0.6 is 0 Å². The van der Waals surface area contributed by atoms with Crippen LogP contribution in [0.15, 0.2) is 12.2 Å². The third-order valence-corrected chi connectivity index (χ3v) is 10.3. The molecule has 0 saturated carbocycles. The second kappa shape index (κ2) is 42.9. The van der Waals surface area contributed by atoms with Crippen LogP contribution in [0.3, 0.4) is 0 Å². The molecule has 0 amide bonds. The minimum Gasteiger partial charge on any atom is -0.462 e. The Kier molecular flexibility index (Phi) is 41.4. The van der Waals surface area contributed by atoms with Crippen molar-refractivity contribution in [3.63, 3.8) is 0 Å². The summed E-state index contributed by atoms with van der Waals surface area (Å²) < 4.78 is 16.7. The van der Waals surface area contributed by atoms with E-state index in [0.717, 1.165) is 64.2 Å². The molecule has 0 fully saturated rings. The fourth-order valence-corrected chi connectivity index (χ4v) is 6.73. The topological polar surface area (TPSA) is 78.9 Å². The van der Waals surface area contributed by atoms with E-state index in [-0.39, 0.29) is 31.1 Å². The maximum Gasteiger partial charge on any atom is 0.306 e. The Morgan fingerprint density at radius 3 is 0.943 bits per heavy atom. The second-order valence-electron chi connectivity index (χ2n) is 15.7. The molecule has 0 radical (unpaired) electrons. The smallest absolute Gasteiger partial charge is 0.306 e. The van der Waals surface area contributed by atoms with E-state index >= 15 is 0 Å². The molecule has 0 saturated heterocycles. The highest BCUT2D eigenvalue weighted by molar-refractivity contribution is 5.71. The first-order valence-electron chi connectivity index (χ1n) is 23.2. The van der Waals surface area contributed by atoms with Crippen molar-refractivity contribution in [3.8, 4) is 0 Å². The molecule has 0 aliphatic heterocycles. The summed E-state index contributed by atoms with van der Waals surface area (Å²) in [5.41, 5.74) is 0. The summed E-state index contributed by atoms with van der Waals surface area (Å²) >= 11 is 0. The lowest BCUT2D eigenvalue weighted by Crippen LogP contribution is -2.30. The van der Waals surface area contributed by atoms with Gasteiger partial charge in [-0.05, 0) is 44.9 Å². The van der Waals surface area contributed by atoms with Crippen LogP contribution in [0, 0.1) is 0 Å². The molecule has 0 rings (SSSR count). The van der Waals surface area contributed by atoms with Gasteiger partial charge in [0.15, 0.2) is 6.10 Å². The van der Waals surface area contributed by atoms with Gasteiger partial charge in [0, 0.05) is 19.3 Å². The van der Waals surface area contributed by atoms with Gasteiger partial charge in [-0.1, -0.05) is 200 Å². The minimum absolute atomic E-state index is 0.0686. The highest BCUT2D eigenvalue weighted by atomic mass is 16.6. The fraction of sp³-hybridized carbons (Fsp3) is 0.894. The maximum absolute atomic E-state index is 12.7. The van der Waals surface area contributed by atoms with Crippen molar-refractivity contribution in [2.24, 2.45) is 0 Å². The van der Waals surface area contributed by atoms with E-state index in [0.29, 0.717) is 19.3 Å². The Labute approximate surface area is 329 Å². The van der Waals surface area contributed by atoms with E-state index in [4.69, 9.17) is 14.2 Å². The van der Waals surface area contributed by atoms with E-state index < -0.39 is 6.10 Å². The summed E-state index contributed by atoms with van der Waals surface area (Å²) in [6.45, 7) is 6.61. The number of esters is 3. The van der Waals surface area contributed by atoms with Gasteiger partial charge < -0.3 is 14.2 Å². The van der Waals surface area contributed by atoms with Crippen molar-refractivity contribution in [1.82, 2.24) is 0 Å². The van der Waals surface area contributed by atoms with Crippen LogP contribution in [-0.4, -0.2) is 37.2 Å². The van der Waals surface area contributed by atoms with Crippen molar-refractivity contribution >= 4 is 17.9 Å². The van der Waals surface area contributed by atoms with Gasteiger partial charge >= 0.3 is 17.9 Å². The van der Waals surface area contributed by atoms with E-state index in [2.05, 4.69) is 32.9 Å². The predicted octanol–water partition coefficient (Wildman–Crippen LogP) is 14.6. The molecule has 0 N–H and O–H groups in total. The number of unbranched alkanes of at least 4 members (excludes halogenated alkanes) is 29. The average molecular weight is 749 g/mol. The molecule has 0 aliphatic carbocycles. The normalized spacial score (nSPS) is 12.0. The Bertz CT molecular complexity index is 824. The molecular formula is C47H88O6. The third kappa shape index (κ3) is 41.2. The summed E-state index contributed by atoms with van der Waals surface area (Å²) in [6, 6.07) is 0. The van der Waals surface area contributed by atoms with Crippen LogP contribution in [0.5, 0.6) is 0 Å². The van der Waals surface area contributed by atoms with Crippen LogP contribution in [0.4, 0.5) is 0 Å². The van der Waals surface area contributed by atoms with Gasteiger partial charge in [-0.15, -0.1) is 0 Å². The van der Waals surface area contributed by atoms with Gasteiger partial charge in [0.1, 0.15) is 13.2 Å². The zero-order chi connectivity index (χ0) is 38.7. The second-order valence-corrected chi connectivity index (χ2v) is 15.7. The number of hydrogen-bond donors (Lipinski definition) is 0. The fourth-order valence-electron chi connectivity index (χ4n) is 6.73. The van der Waals surface area contributed by atoms with Gasteiger partial charge in [0.2, 0.25) is 0 Å². The molecule has 0 aromatic heterocycles. The molecule has 6 heteroatoms. The first-order valence-corrected chi connectivity index (χ1v) is 23.2.